The molecule has 3 rings (SSSR count). The number of hydrogen-bond acceptors (Lipinski definition) is 4. The third-order valence-electron chi connectivity index (χ3n) is 8.00. The summed E-state index contributed by atoms with van der Waals surface area (Å²) in [5.74, 6) is 0.331. The molecule has 3 amide bonds. The summed E-state index contributed by atoms with van der Waals surface area (Å²) >= 11 is 0. The maximum Gasteiger partial charge on any atom is 0.247 e. The zero-order chi connectivity index (χ0) is 21.9. The Morgan fingerprint density at radius 3 is 2.07 bits per heavy atom. The number of hydrogen-bond donors (Lipinski definition) is 1. The number of nitrogens with zero attached hydrogens (tertiary/aromatic N) is 2. The normalized spacial score (nSPS) is 39.5. The highest BCUT2D eigenvalue weighted by Crippen LogP contribution is 2.55. The van der Waals surface area contributed by atoms with Gasteiger partial charge in [-0.3, -0.25) is 14.4 Å². The van der Waals surface area contributed by atoms with Crippen molar-refractivity contribution in [1.29, 1.82) is 0 Å². The summed E-state index contributed by atoms with van der Waals surface area (Å²) in [6, 6.07) is 0. The highest BCUT2D eigenvalue weighted by Gasteiger charge is 2.68. The number of rotatable bonds is 8. The Labute approximate surface area is 173 Å². The van der Waals surface area contributed by atoms with Crippen molar-refractivity contribution < 1.29 is 19.2 Å². The predicted octanol–water partition coefficient (Wildman–Crippen LogP) is 1.31. The molecule has 3 aliphatic carbocycles. The van der Waals surface area contributed by atoms with Crippen molar-refractivity contribution in [2.45, 2.75) is 58.5 Å². The van der Waals surface area contributed by atoms with Crippen LogP contribution in [0.2, 0.25) is 0 Å². The van der Waals surface area contributed by atoms with Gasteiger partial charge in [0, 0.05) is 20.0 Å². The average molecular weight is 406 g/mol. The van der Waals surface area contributed by atoms with Crippen molar-refractivity contribution in [2.75, 3.05) is 20.6 Å². The van der Waals surface area contributed by atoms with Crippen molar-refractivity contribution in [3.8, 4) is 0 Å². The topological polar surface area (TPSA) is 86.8 Å². The largest absolute Gasteiger partial charge is 0.341 e. The van der Waals surface area contributed by atoms with Crippen LogP contribution in [0.1, 0.15) is 47.5 Å². The number of amides is 3. The van der Waals surface area contributed by atoms with Crippen LogP contribution in [0.5, 0.6) is 0 Å². The molecule has 7 heteroatoms. The number of carbonyl (C=O) groups excluding carboxylic acids is 4. The van der Waals surface area contributed by atoms with Crippen molar-refractivity contribution in [1.82, 2.24) is 15.1 Å². The van der Waals surface area contributed by atoms with E-state index in [1.54, 1.807) is 14.1 Å². The van der Waals surface area contributed by atoms with Gasteiger partial charge < -0.3 is 19.9 Å². The van der Waals surface area contributed by atoms with Gasteiger partial charge >= 0.3 is 0 Å². The van der Waals surface area contributed by atoms with Gasteiger partial charge in [-0.2, -0.15) is 0 Å². The Morgan fingerprint density at radius 1 is 1.14 bits per heavy atom. The van der Waals surface area contributed by atoms with E-state index in [0.717, 1.165) is 12.7 Å². The smallest absolute Gasteiger partial charge is 0.247 e. The lowest BCUT2D eigenvalue weighted by atomic mass is 10.0. The van der Waals surface area contributed by atoms with E-state index >= 15 is 0 Å². The summed E-state index contributed by atoms with van der Waals surface area (Å²) in [5, 5.41) is 2.97. The van der Waals surface area contributed by atoms with Gasteiger partial charge in [0.05, 0.1) is 6.54 Å². The van der Waals surface area contributed by atoms with Crippen LogP contribution in [0.3, 0.4) is 0 Å². The highest BCUT2D eigenvalue weighted by atomic mass is 16.2. The van der Waals surface area contributed by atoms with E-state index in [4.69, 9.17) is 0 Å². The van der Waals surface area contributed by atoms with E-state index in [0.29, 0.717) is 12.3 Å². The quantitative estimate of drug-likeness (QED) is 0.617. The summed E-state index contributed by atoms with van der Waals surface area (Å²) in [4.78, 5) is 53.4. The molecule has 3 aliphatic rings. The molecule has 0 saturated heterocycles. The van der Waals surface area contributed by atoms with Crippen LogP contribution in [-0.4, -0.2) is 65.5 Å². The fourth-order valence-electron chi connectivity index (χ4n) is 5.01. The molecule has 2 unspecified atom stereocenters. The first-order chi connectivity index (χ1) is 13.4. The van der Waals surface area contributed by atoms with Gasteiger partial charge in [0.2, 0.25) is 17.7 Å². The third-order valence-corrected chi connectivity index (χ3v) is 8.00. The predicted molar refractivity (Wildman–Crippen MR) is 109 cm³/mol. The molecular weight excluding hydrogens is 370 g/mol. The minimum Gasteiger partial charge on any atom is -0.341 e. The lowest BCUT2D eigenvalue weighted by Gasteiger charge is -2.32. The zero-order valence-corrected chi connectivity index (χ0v) is 18.7. The van der Waals surface area contributed by atoms with Crippen LogP contribution < -0.4 is 5.32 Å². The Bertz CT molecular complexity index is 728. The lowest BCUT2D eigenvalue weighted by molar-refractivity contribution is -0.145. The maximum atomic E-state index is 13.3. The van der Waals surface area contributed by atoms with E-state index < -0.39 is 11.1 Å². The summed E-state index contributed by atoms with van der Waals surface area (Å²) in [5.41, 5.74) is -1.77. The van der Waals surface area contributed by atoms with E-state index in [2.05, 4.69) is 5.32 Å². The molecule has 0 aromatic carbocycles. The average Bonchev–Trinajstić information content (AvgIpc) is 3.60. The summed E-state index contributed by atoms with van der Waals surface area (Å²) in [6.45, 7) is 9.98. The molecule has 7 nitrogen and oxygen atoms in total. The molecule has 0 bridgehead atoms. The van der Waals surface area contributed by atoms with E-state index in [9.17, 15) is 19.2 Å². The van der Waals surface area contributed by atoms with Crippen molar-refractivity contribution >= 4 is 24.0 Å². The number of nitrogens with one attached hydrogen (secondary N) is 1. The van der Waals surface area contributed by atoms with Crippen molar-refractivity contribution in [2.24, 2.45) is 35.5 Å². The molecule has 0 heterocycles. The molecule has 0 spiro atoms. The highest BCUT2D eigenvalue weighted by molar-refractivity contribution is 5.98. The van der Waals surface area contributed by atoms with Crippen molar-refractivity contribution in [3.63, 3.8) is 0 Å². The van der Waals surface area contributed by atoms with Crippen LogP contribution >= 0.6 is 0 Å². The Balaban J connectivity index is 1.72. The molecule has 0 aromatic heterocycles. The van der Waals surface area contributed by atoms with Gasteiger partial charge in [0.1, 0.15) is 17.4 Å². The first-order valence-corrected chi connectivity index (χ1v) is 10.7. The number of likely N-dealkylation sites (N-methyl/N-ethyl adjacent to an activating group) is 2. The fourth-order valence-corrected chi connectivity index (χ4v) is 5.01. The molecule has 6 atom stereocenters. The fraction of sp³-hybridized carbons (Fsp3) is 0.818. The molecule has 162 valence electrons. The van der Waals surface area contributed by atoms with Crippen LogP contribution in [0, 0.1) is 35.5 Å². The van der Waals surface area contributed by atoms with Crippen molar-refractivity contribution in [3.05, 3.63) is 0 Å². The van der Waals surface area contributed by atoms with Gasteiger partial charge in [0.25, 0.3) is 0 Å². The molecule has 0 radical (unpaired) electrons. The lowest BCUT2D eigenvalue weighted by Crippen LogP contribution is -2.57. The molecule has 0 aliphatic heterocycles. The maximum absolute atomic E-state index is 13.3. The molecular formula is C22H35N3O4. The SMILES string of the molecule is CC(C)[C@@H]1C[C@]1(C(=O)NC1(C=O)C(C)C1C)N(C)C(=O)CN(C)C(=O)[C@H]1C[C@H]1C. The molecule has 0 aromatic rings. The Morgan fingerprint density at radius 2 is 1.69 bits per heavy atom. The summed E-state index contributed by atoms with van der Waals surface area (Å²) < 4.78 is 0. The summed E-state index contributed by atoms with van der Waals surface area (Å²) in [7, 11) is 3.29. The molecule has 29 heavy (non-hydrogen) atoms. The van der Waals surface area contributed by atoms with Crippen LogP contribution in [-0.2, 0) is 19.2 Å². The standard InChI is InChI=1S/C22H35N3O4/c1-12(2)17-9-22(17,20(29)23-21(11-26)14(4)15(21)5)25(7)18(27)10-24(6)19(28)16-8-13(16)3/h11-17H,8-10H2,1-7H3,(H,23,29)/t13-,14?,15?,16+,17+,21?,22+/m1/s1. The summed E-state index contributed by atoms with van der Waals surface area (Å²) in [6.07, 6.45) is 2.29. The van der Waals surface area contributed by atoms with Gasteiger partial charge in [-0.15, -0.1) is 0 Å². The monoisotopic (exact) mass is 405 g/mol. The number of carbonyl (C=O) groups is 4. The second kappa shape index (κ2) is 7.10. The zero-order valence-electron chi connectivity index (χ0n) is 18.7. The van der Waals surface area contributed by atoms with E-state index in [1.807, 2.05) is 34.6 Å². The molecule has 3 saturated carbocycles. The third kappa shape index (κ3) is 3.36. The molecule has 3 fully saturated rings. The van der Waals surface area contributed by atoms with Gasteiger partial charge in [-0.1, -0.05) is 34.6 Å². The van der Waals surface area contributed by atoms with Gasteiger partial charge in [0.15, 0.2) is 0 Å². The second-order valence-electron chi connectivity index (χ2n) is 10.0. The van der Waals surface area contributed by atoms with Crippen LogP contribution in [0.15, 0.2) is 0 Å². The Kier molecular flexibility index (Phi) is 5.33. The molecule has 1 N–H and O–H groups in total. The van der Waals surface area contributed by atoms with Gasteiger partial charge in [-0.05, 0) is 42.4 Å². The Hall–Kier alpha value is -1.92. The van der Waals surface area contributed by atoms with Gasteiger partial charge in [-0.25, -0.2) is 0 Å². The van der Waals surface area contributed by atoms with Crippen LogP contribution in [0.4, 0.5) is 0 Å². The minimum absolute atomic E-state index is 0.00510. The van der Waals surface area contributed by atoms with E-state index in [1.165, 1.54) is 9.80 Å². The first-order valence-electron chi connectivity index (χ1n) is 10.7. The number of aldehydes is 1. The minimum atomic E-state index is -0.944. The van der Waals surface area contributed by atoms with Crippen LogP contribution in [0.25, 0.3) is 0 Å². The van der Waals surface area contributed by atoms with E-state index in [-0.39, 0.29) is 53.9 Å². The second-order valence-corrected chi connectivity index (χ2v) is 10.0. The first kappa shape index (κ1) is 21.8.